The molecule has 0 aliphatic heterocycles. The summed E-state index contributed by atoms with van der Waals surface area (Å²) >= 11 is 1.49. The van der Waals surface area contributed by atoms with Gasteiger partial charge < -0.3 is 10.4 Å². The number of nitrogens with one attached hydrogen (secondary N) is 1. The first kappa shape index (κ1) is 12.8. The van der Waals surface area contributed by atoms with Gasteiger partial charge in [0.25, 0.3) is 0 Å². The van der Waals surface area contributed by atoms with E-state index in [1.54, 1.807) is 6.07 Å². The van der Waals surface area contributed by atoms with E-state index in [1.807, 2.05) is 17.5 Å². The fourth-order valence-electron chi connectivity index (χ4n) is 1.80. The van der Waals surface area contributed by atoms with E-state index < -0.39 is 0 Å². The standard InChI is InChI=1S/C14H13N4OS/c1-8(2)15-14-17-11(7-20-14)12-16-10-6-4-3-5-9(10)13(19)18-12/h3-4,6-8H,1-2H3,(H,15,17)(H,16,18,19). The smallest absolute Gasteiger partial charge is 0.223 e. The van der Waals surface area contributed by atoms with Crippen LogP contribution in [-0.2, 0) is 0 Å². The van der Waals surface area contributed by atoms with Crippen molar-refractivity contribution in [3.63, 3.8) is 0 Å². The minimum atomic E-state index is -0.0723. The maximum absolute atomic E-state index is 9.94. The van der Waals surface area contributed by atoms with Crippen LogP contribution in [0.25, 0.3) is 22.4 Å². The number of hydrogen-bond donors (Lipinski definition) is 2. The summed E-state index contributed by atoms with van der Waals surface area (Å²) < 4.78 is 0. The monoisotopic (exact) mass is 285 g/mol. The highest BCUT2D eigenvalue weighted by atomic mass is 32.1. The van der Waals surface area contributed by atoms with Crippen molar-refractivity contribution in [2.24, 2.45) is 0 Å². The number of anilines is 1. The van der Waals surface area contributed by atoms with Crippen LogP contribution in [0.3, 0.4) is 0 Å². The van der Waals surface area contributed by atoms with Crippen molar-refractivity contribution in [3.8, 4) is 17.4 Å². The molecule has 5 nitrogen and oxygen atoms in total. The Morgan fingerprint density at radius 3 is 2.95 bits per heavy atom. The number of thiazole rings is 1. The second-order valence-corrected chi connectivity index (χ2v) is 5.50. The molecule has 0 saturated carbocycles. The maximum atomic E-state index is 9.94. The molecule has 0 aliphatic rings. The van der Waals surface area contributed by atoms with Gasteiger partial charge in [0.05, 0.1) is 10.9 Å². The van der Waals surface area contributed by atoms with E-state index in [-0.39, 0.29) is 5.88 Å². The molecule has 0 unspecified atom stereocenters. The van der Waals surface area contributed by atoms with Gasteiger partial charge in [0, 0.05) is 11.4 Å². The van der Waals surface area contributed by atoms with Crippen LogP contribution in [0.1, 0.15) is 13.8 Å². The van der Waals surface area contributed by atoms with Crippen LogP contribution in [0, 0.1) is 6.07 Å². The Hall–Kier alpha value is -2.21. The van der Waals surface area contributed by atoms with Crippen molar-refractivity contribution in [3.05, 3.63) is 29.6 Å². The molecule has 6 heteroatoms. The summed E-state index contributed by atoms with van der Waals surface area (Å²) in [4.78, 5) is 12.9. The summed E-state index contributed by atoms with van der Waals surface area (Å²) in [5.74, 6) is 0.347. The van der Waals surface area contributed by atoms with Gasteiger partial charge in [-0.15, -0.1) is 11.3 Å². The Labute approximate surface area is 120 Å². The van der Waals surface area contributed by atoms with E-state index >= 15 is 0 Å². The van der Waals surface area contributed by atoms with Crippen molar-refractivity contribution in [1.82, 2.24) is 15.0 Å². The molecule has 20 heavy (non-hydrogen) atoms. The van der Waals surface area contributed by atoms with Gasteiger partial charge in [-0.1, -0.05) is 12.1 Å². The predicted molar refractivity (Wildman–Crippen MR) is 79.9 cm³/mol. The lowest BCUT2D eigenvalue weighted by molar-refractivity contribution is 0.460. The minimum absolute atomic E-state index is 0.0723. The summed E-state index contributed by atoms with van der Waals surface area (Å²) in [6, 6.07) is 8.60. The SMILES string of the molecule is CC(C)Nc1nc(-c2nc(O)c3[c]cccc3n2)cs1. The van der Waals surface area contributed by atoms with Crippen LogP contribution in [0.5, 0.6) is 5.88 Å². The summed E-state index contributed by atoms with van der Waals surface area (Å²) in [5, 5.41) is 16.4. The lowest BCUT2D eigenvalue weighted by atomic mass is 10.2. The minimum Gasteiger partial charge on any atom is -0.493 e. The molecule has 0 bridgehead atoms. The number of fused-ring (bicyclic) bond motifs is 1. The van der Waals surface area contributed by atoms with Gasteiger partial charge in [0.15, 0.2) is 11.0 Å². The molecule has 2 heterocycles. The first-order valence-corrected chi connectivity index (χ1v) is 7.11. The highest BCUT2D eigenvalue weighted by molar-refractivity contribution is 7.14. The third kappa shape index (κ3) is 2.42. The second-order valence-electron chi connectivity index (χ2n) is 4.64. The van der Waals surface area contributed by atoms with Gasteiger partial charge in [-0.05, 0) is 26.0 Å². The zero-order chi connectivity index (χ0) is 14.1. The topological polar surface area (TPSA) is 70.9 Å². The summed E-state index contributed by atoms with van der Waals surface area (Å²) in [6.45, 7) is 4.10. The Morgan fingerprint density at radius 1 is 1.30 bits per heavy atom. The predicted octanol–water partition coefficient (Wildman–Crippen LogP) is 3.08. The van der Waals surface area contributed by atoms with Gasteiger partial charge >= 0.3 is 0 Å². The van der Waals surface area contributed by atoms with E-state index in [0.717, 1.165) is 5.13 Å². The lowest BCUT2D eigenvalue weighted by Crippen LogP contribution is -2.09. The molecule has 0 aliphatic carbocycles. The molecule has 1 aromatic carbocycles. The Morgan fingerprint density at radius 2 is 2.15 bits per heavy atom. The van der Waals surface area contributed by atoms with Gasteiger partial charge in [0.1, 0.15) is 5.69 Å². The first-order chi connectivity index (χ1) is 9.63. The van der Waals surface area contributed by atoms with Crippen LogP contribution in [-0.4, -0.2) is 26.1 Å². The molecule has 0 spiro atoms. The third-order valence-electron chi connectivity index (χ3n) is 2.64. The summed E-state index contributed by atoms with van der Waals surface area (Å²) in [7, 11) is 0. The molecule has 1 radical (unpaired) electrons. The Balaban J connectivity index is 2.03. The van der Waals surface area contributed by atoms with Crippen LogP contribution < -0.4 is 5.32 Å². The normalized spacial score (nSPS) is 11.2. The molecule has 3 aromatic rings. The highest BCUT2D eigenvalue weighted by Gasteiger charge is 2.11. The van der Waals surface area contributed by atoms with Gasteiger partial charge in [-0.3, -0.25) is 0 Å². The fourth-order valence-corrected chi connectivity index (χ4v) is 2.64. The first-order valence-electron chi connectivity index (χ1n) is 6.23. The van der Waals surface area contributed by atoms with E-state index in [2.05, 4.69) is 40.2 Å². The van der Waals surface area contributed by atoms with Crippen molar-refractivity contribution >= 4 is 27.4 Å². The van der Waals surface area contributed by atoms with Crippen LogP contribution in [0.15, 0.2) is 23.6 Å². The number of hydrogen-bond acceptors (Lipinski definition) is 6. The quantitative estimate of drug-likeness (QED) is 0.774. The average molecular weight is 285 g/mol. The molecule has 2 N–H and O–H groups in total. The van der Waals surface area contributed by atoms with Crippen molar-refractivity contribution in [2.45, 2.75) is 19.9 Å². The van der Waals surface area contributed by atoms with E-state index in [1.165, 1.54) is 11.3 Å². The number of nitrogens with zero attached hydrogens (tertiary/aromatic N) is 3. The van der Waals surface area contributed by atoms with Crippen LogP contribution in [0.4, 0.5) is 5.13 Å². The van der Waals surface area contributed by atoms with Gasteiger partial charge in [-0.25, -0.2) is 9.97 Å². The molecule has 0 fully saturated rings. The Kier molecular flexibility index (Phi) is 3.23. The fraction of sp³-hybridized carbons (Fsp3) is 0.214. The van der Waals surface area contributed by atoms with Gasteiger partial charge in [0.2, 0.25) is 5.88 Å². The second kappa shape index (κ2) is 5.05. The van der Waals surface area contributed by atoms with Crippen molar-refractivity contribution < 1.29 is 5.11 Å². The summed E-state index contributed by atoms with van der Waals surface area (Å²) in [5.41, 5.74) is 1.31. The molecule has 101 valence electrons. The van der Waals surface area contributed by atoms with E-state index in [0.29, 0.717) is 28.5 Å². The summed E-state index contributed by atoms with van der Waals surface area (Å²) in [6.07, 6.45) is 0. The van der Waals surface area contributed by atoms with E-state index in [4.69, 9.17) is 0 Å². The zero-order valence-electron chi connectivity index (χ0n) is 11.1. The number of rotatable bonds is 3. The number of benzene rings is 1. The van der Waals surface area contributed by atoms with Crippen LogP contribution in [0.2, 0.25) is 0 Å². The average Bonchev–Trinajstić information content (AvgIpc) is 2.86. The number of aromatic hydroxyl groups is 1. The van der Waals surface area contributed by atoms with Crippen molar-refractivity contribution in [1.29, 1.82) is 0 Å². The molecule has 0 amide bonds. The van der Waals surface area contributed by atoms with Crippen LogP contribution >= 0.6 is 11.3 Å². The molecule has 0 saturated heterocycles. The highest BCUT2D eigenvalue weighted by Crippen LogP contribution is 2.27. The molecule has 3 rings (SSSR count). The zero-order valence-corrected chi connectivity index (χ0v) is 11.9. The Bertz CT molecular complexity index is 754. The largest absolute Gasteiger partial charge is 0.493 e. The molecular weight excluding hydrogens is 272 g/mol. The molecule has 2 aromatic heterocycles. The van der Waals surface area contributed by atoms with E-state index in [9.17, 15) is 5.11 Å². The van der Waals surface area contributed by atoms with Gasteiger partial charge in [-0.2, -0.15) is 4.98 Å². The number of aromatic nitrogens is 3. The maximum Gasteiger partial charge on any atom is 0.223 e. The molecular formula is C14H13N4OS. The third-order valence-corrected chi connectivity index (χ3v) is 3.41. The molecule has 0 atom stereocenters. The van der Waals surface area contributed by atoms with Crippen molar-refractivity contribution in [2.75, 3.05) is 5.32 Å². The lowest BCUT2D eigenvalue weighted by Gasteiger charge is -2.04.